The van der Waals surface area contributed by atoms with Gasteiger partial charge in [0.05, 0.1) is 0 Å². The quantitative estimate of drug-likeness (QED) is 0.587. The Balaban J connectivity index is 3.17. The van der Waals surface area contributed by atoms with Crippen molar-refractivity contribution in [3.63, 3.8) is 0 Å². The summed E-state index contributed by atoms with van der Waals surface area (Å²) in [4.78, 5) is 0. The lowest BCUT2D eigenvalue weighted by molar-refractivity contribution is 0.191. The summed E-state index contributed by atoms with van der Waals surface area (Å²) in [6.07, 6.45) is -1.10. The number of alkyl halides is 2. The van der Waals surface area contributed by atoms with Crippen LogP contribution in [0.3, 0.4) is 0 Å². The molecule has 1 aromatic carbocycles. The van der Waals surface area contributed by atoms with E-state index in [9.17, 15) is 13.5 Å². The molecule has 17 heavy (non-hydrogen) atoms. The van der Waals surface area contributed by atoms with Crippen molar-refractivity contribution in [2.24, 2.45) is 0 Å². The molecule has 0 aromatic heterocycles. The van der Waals surface area contributed by atoms with E-state index in [1.807, 2.05) is 13.0 Å². The minimum atomic E-state index is -3.40. The second-order valence-electron chi connectivity index (χ2n) is 3.78. The Morgan fingerprint density at radius 1 is 1.53 bits per heavy atom. The summed E-state index contributed by atoms with van der Waals surface area (Å²) in [5, 5.41) is 10.2. The van der Waals surface area contributed by atoms with Gasteiger partial charge in [-0.25, -0.2) is 8.42 Å². The predicted molar refractivity (Wildman–Crippen MR) is 81.3 cm³/mol. The molecular formula is C11H14BrIO3S. The highest BCUT2D eigenvalue weighted by Gasteiger charge is 2.45. The van der Waals surface area contributed by atoms with Crippen molar-refractivity contribution >= 4 is 48.4 Å². The van der Waals surface area contributed by atoms with Gasteiger partial charge in [-0.1, -0.05) is 52.7 Å². The number of benzene rings is 1. The first-order valence-corrected chi connectivity index (χ1v) is 8.59. The van der Waals surface area contributed by atoms with Gasteiger partial charge in [0.1, 0.15) is 6.10 Å². The number of aliphatic hydroxyl groups is 1. The number of sulfone groups is 1. The van der Waals surface area contributed by atoms with E-state index < -0.39 is 17.6 Å². The van der Waals surface area contributed by atoms with E-state index in [0.29, 0.717) is 5.56 Å². The zero-order valence-electron chi connectivity index (χ0n) is 9.52. The highest BCUT2D eigenvalue weighted by atomic mass is 127. The molecule has 96 valence electrons. The molecule has 0 bridgehead atoms. The van der Waals surface area contributed by atoms with E-state index in [0.717, 1.165) is 5.56 Å². The average molecular weight is 433 g/mol. The summed E-state index contributed by atoms with van der Waals surface area (Å²) in [5.74, 6) is -0.0237. The van der Waals surface area contributed by atoms with Crippen molar-refractivity contribution in [3.05, 3.63) is 35.4 Å². The van der Waals surface area contributed by atoms with Crippen molar-refractivity contribution in [2.75, 3.05) is 5.75 Å². The van der Waals surface area contributed by atoms with Crippen molar-refractivity contribution < 1.29 is 13.5 Å². The molecule has 1 N–H and O–H groups in total. The monoisotopic (exact) mass is 432 g/mol. The zero-order valence-corrected chi connectivity index (χ0v) is 14.1. The minimum absolute atomic E-state index is 0.0237. The van der Waals surface area contributed by atoms with Crippen molar-refractivity contribution in [1.82, 2.24) is 0 Å². The lowest BCUT2D eigenvalue weighted by Crippen LogP contribution is -2.33. The lowest BCUT2D eigenvalue weighted by Gasteiger charge is -2.26. The van der Waals surface area contributed by atoms with Gasteiger partial charge >= 0.3 is 0 Å². The number of aliphatic hydroxyl groups excluding tert-OH is 1. The fraction of sp³-hybridized carbons (Fsp3) is 0.455. The Hall–Kier alpha value is 0.340. The molecule has 1 aromatic rings. The topological polar surface area (TPSA) is 54.4 Å². The van der Waals surface area contributed by atoms with E-state index >= 15 is 0 Å². The molecule has 0 fully saturated rings. The second kappa shape index (κ2) is 5.54. The number of hydrogen-bond acceptors (Lipinski definition) is 3. The number of rotatable bonds is 4. The Kier molecular flexibility index (Phi) is 5.02. The maximum Gasteiger partial charge on any atom is 0.207 e. The minimum Gasteiger partial charge on any atom is -0.385 e. The van der Waals surface area contributed by atoms with Gasteiger partial charge in [0, 0.05) is 5.75 Å². The van der Waals surface area contributed by atoms with Gasteiger partial charge in [-0.15, -0.1) is 0 Å². The number of hydrogen-bond donors (Lipinski definition) is 1. The van der Waals surface area contributed by atoms with E-state index in [1.54, 1.807) is 47.7 Å². The van der Waals surface area contributed by atoms with Crippen LogP contribution in [0, 0.1) is 6.92 Å². The summed E-state index contributed by atoms with van der Waals surface area (Å²) < 4.78 is 22.4. The molecule has 0 aliphatic carbocycles. The molecule has 3 nitrogen and oxygen atoms in total. The second-order valence-corrected chi connectivity index (χ2v) is 11.9. The molecule has 0 spiro atoms. The van der Waals surface area contributed by atoms with Crippen molar-refractivity contribution in [1.29, 1.82) is 0 Å². The van der Waals surface area contributed by atoms with Crippen LogP contribution in [0.1, 0.15) is 24.2 Å². The van der Waals surface area contributed by atoms with Crippen LogP contribution in [0.5, 0.6) is 0 Å². The summed E-state index contributed by atoms with van der Waals surface area (Å²) >= 11 is 4.88. The predicted octanol–water partition coefficient (Wildman–Crippen LogP) is 2.95. The molecular weight excluding hydrogens is 419 g/mol. The van der Waals surface area contributed by atoms with Gasteiger partial charge in [-0.05, 0) is 35.1 Å². The van der Waals surface area contributed by atoms with Gasteiger partial charge < -0.3 is 5.11 Å². The summed E-state index contributed by atoms with van der Waals surface area (Å²) in [6, 6.07) is 7.20. The molecule has 0 amide bonds. The summed E-state index contributed by atoms with van der Waals surface area (Å²) in [5.41, 5.74) is 1.57. The van der Waals surface area contributed by atoms with Gasteiger partial charge in [-0.3, -0.25) is 0 Å². The normalized spacial score (nSPS) is 17.5. The van der Waals surface area contributed by atoms with Crippen LogP contribution in [0.25, 0.3) is 0 Å². The first-order valence-electron chi connectivity index (χ1n) is 5.07. The molecule has 0 aliphatic heterocycles. The Morgan fingerprint density at radius 3 is 2.59 bits per heavy atom. The smallest absolute Gasteiger partial charge is 0.207 e. The first kappa shape index (κ1) is 15.4. The molecule has 0 saturated heterocycles. The Bertz CT molecular complexity index is 499. The molecule has 0 saturated carbocycles. The molecule has 2 atom stereocenters. The molecule has 6 heteroatoms. The molecule has 0 heterocycles. The van der Waals surface area contributed by atoms with Crippen LogP contribution in [-0.4, -0.2) is 20.9 Å². The Morgan fingerprint density at radius 2 is 2.12 bits per heavy atom. The Labute approximate surface area is 124 Å². The zero-order chi connectivity index (χ0) is 13.3. The van der Waals surface area contributed by atoms with Gasteiger partial charge in [0.25, 0.3) is 0 Å². The maximum absolute atomic E-state index is 11.9. The SMILES string of the molecule is CCS(=O)(=O)C(Br)(I)C(O)c1cccc(C)c1. The van der Waals surface area contributed by atoms with Crippen molar-refractivity contribution in [2.45, 2.75) is 21.6 Å². The van der Waals surface area contributed by atoms with Crippen LogP contribution in [0.15, 0.2) is 24.3 Å². The molecule has 0 aliphatic rings. The van der Waals surface area contributed by atoms with Gasteiger partial charge in [0.2, 0.25) is 1.66 Å². The van der Waals surface area contributed by atoms with E-state index in [1.165, 1.54) is 0 Å². The number of aryl methyl sites for hydroxylation is 1. The molecule has 1 rings (SSSR count). The highest BCUT2D eigenvalue weighted by molar-refractivity contribution is 14.1. The van der Waals surface area contributed by atoms with Crippen LogP contribution < -0.4 is 0 Å². The van der Waals surface area contributed by atoms with Crippen LogP contribution >= 0.6 is 38.5 Å². The third-order valence-electron chi connectivity index (χ3n) is 2.47. The maximum atomic E-state index is 11.9. The number of halogens is 2. The fourth-order valence-corrected chi connectivity index (χ4v) is 4.50. The lowest BCUT2D eigenvalue weighted by atomic mass is 10.1. The van der Waals surface area contributed by atoms with Gasteiger partial charge in [-0.2, -0.15) is 0 Å². The third-order valence-corrected chi connectivity index (χ3v) is 8.80. The highest BCUT2D eigenvalue weighted by Crippen LogP contribution is 2.45. The third kappa shape index (κ3) is 3.21. The molecule has 0 radical (unpaired) electrons. The van der Waals surface area contributed by atoms with Crippen LogP contribution in [-0.2, 0) is 9.84 Å². The summed E-state index contributed by atoms with van der Waals surface area (Å²) in [6.45, 7) is 3.46. The van der Waals surface area contributed by atoms with Crippen molar-refractivity contribution in [3.8, 4) is 0 Å². The average Bonchev–Trinajstić information content (AvgIpc) is 2.27. The standard InChI is InChI=1S/C11H14BrIO3S/c1-3-17(15,16)11(12,13)10(14)9-6-4-5-8(2)7-9/h4-7,10,14H,3H2,1-2H3. The first-order chi connectivity index (χ1) is 7.72. The van der Waals surface area contributed by atoms with E-state index in [-0.39, 0.29) is 5.75 Å². The largest absolute Gasteiger partial charge is 0.385 e. The van der Waals surface area contributed by atoms with E-state index in [2.05, 4.69) is 15.9 Å². The molecule has 2 unspecified atom stereocenters. The fourth-order valence-electron chi connectivity index (χ4n) is 1.40. The van der Waals surface area contributed by atoms with E-state index in [4.69, 9.17) is 0 Å². The summed E-state index contributed by atoms with van der Waals surface area (Å²) in [7, 11) is -3.40. The van der Waals surface area contributed by atoms with Gasteiger partial charge in [0.15, 0.2) is 9.84 Å². The van der Waals surface area contributed by atoms with Crippen LogP contribution in [0.2, 0.25) is 0 Å². The van der Waals surface area contributed by atoms with Crippen LogP contribution in [0.4, 0.5) is 0 Å².